The summed E-state index contributed by atoms with van der Waals surface area (Å²) < 4.78 is 5.54. The Morgan fingerprint density at radius 3 is 2.65 bits per heavy atom. The SMILES string of the molecule is CC[C@@H](O)c1ccc(Oc2cccnc2)cn1. The van der Waals surface area contributed by atoms with Gasteiger partial charge in [-0.05, 0) is 30.7 Å². The molecule has 0 radical (unpaired) electrons. The quantitative estimate of drug-likeness (QED) is 0.877. The molecule has 4 nitrogen and oxygen atoms in total. The average molecular weight is 230 g/mol. The second kappa shape index (κ2) is 5.41. The van der Waals surface area contributed by atoms with Crippen LogP contribution in [-0.4, -0.2) is 15.1 Å². The molecule has 0 aliphatic heterocycles. The first-order valence-electron chi connectivity index (χ1n) is 5.51. The molecular weight excluding hydrogens is 216 g/mol. The average Bonchev–Trinajstić information content (AvgIpc) is 2.40. The number of rotatable bonds is 4. The molecule has 17 heavy (non-hydrogen) atoms. The van der Waals surface area contributed by atoms with Crippen molar-refractivity contribution in [3.63, 3.8) is 0 Å². The minimum Gasteiger partial charge on any atom is -0.454 e. The molecule has 1 atom stereocenters. The fourth-order valence-electron chi connectivity index (χ4n) is 1.40. The molecule has 0 aliphatic carbocycles. The Kier molecular flexibility index (Phi) is 3.67. The third-order valence-corrected chi connectivity index (χ3v) is 2.36. The van der Waals surface area contributed by atoms with Crippen molar-refractivity contribution in [2.75, 3.05) is 0 Å². The molecule has 4 heteroatoms. The van der Waals surface area contributed by atoms with Crippen LogP contribution in [0.15, 0.2) is 42.9 Å². The third kappa shape index (κ3) is 3.01. The van der Waals surface area contributed by atoms with E-state index in [9.17, 15) is 5.11 Å². The summed E-state index contributed by atoms with van der Waals surface area (Å²) in [6.45, 7) is 1.91. The standard InChI is InChI=1S/C13H14N2O2/c1-2-13(16)12-6-5-11(9-15-12)17-10-4-3-7-14-8-10/h3-9,13,16H,2H2,1H3/t13-/m1/s1. The number of hydrogen-bond donors (Lipinski definition) is 1. The van der Waals surface area contributed by atoms with Gasteiger partial charge in [0.25, 0.3) is 0 Å². The fraction of sp³-hybridized carbons (Fsp3) is 0.231. The molecule has 2 rings (SSSR count). The van der Waals surface area contributed by atoms with E-state index in [0.29, 0.717) is 23.6 Å². The van der Waals surface area contributed by atoms with Gasteiger partial charge < -0.3 is 9.84 Å². The first-order valence-corrected chi connectivity index (χ1v) is 5.51. The Morgan fingerprint density at radius 1 is 1.24 bits per heavy atom. The monoisotopic (exact) mass is 230 g/mol. The Labute approximate surface area is 99.9 Å². The van der Waals surface area contributed by atoms with Crippen molar-refractivity contribution in [1.29, 1.82) is 0 Å². The predicted molar refractivity (Wildman–Crippen MR) is 63.8 cm³/mol. The number of ether oxygens (including phenoxy) is 1. The summed E-state index contributed by atoms with van der Waals surface area (Å²) >= 11 is 0. The lowest BCUT2D eigenvalue weighted by molar-refractivity contribution is 0.169. The van der Waals surface area contributed by atoms with Crippen molar-refractivity contribution in [3.05, 3.63) is 48.5 Å². The van der Waals surface area contributed by atoms with Crippen LogP contribution in [-0.2, 0) is 0 Å². The normalized spacial score (nSPS) is 12.1. The maximum atomic E-state index is 9.60. The smallest absolute Gasteiger partial charge is 0.145 e. The number of aromatic nitrogens is 2. The second-order valence-electron chi connectivity index (χ2n) is 3.63. The Bertz CT molecular complexity index is 457. The predicted octanol–water partition coefficient (Wildman–Crippen LogP) is 2.71. The van der Waals surface area contributed by atoms with Gasteiger partial charge in [-0.25, -0.2) is 0 Å². The molecule has 0 aromatic carbocycles. The van der Waals surface area contributed by atoms with Gasteiger partial charge in [0.15, 0.2) is 0 Å². The Balaban J connectivity index is 2.08. The number of nitrogens with zero attached hydrogens (tertiary/aromatic N) is 2. The minimum atomic E-state index is -0.512. The van der Waals surface area contributed by atoms with E-state index in [1.54, 1.807) is 36.8 Å². The van der Waals surface area contributed by atoms with Crippen LogP contribution in [0.4, 0.5) is 0 Å². The van der Waals surface area contributed by atoms with E-state index < -0.39 is 6.10 Å². The summed E-state index contributed by atoms with van der Waals surface area (Å²) in [5.74, 6) is 1.29. The number of hydrogen-bond acceptors (Lipinski definition) is 4. The van der Waals surface area contributed by atoms with Crippen LogP contribution < -0.4 is 4.74 Å². The summed E-state index contributed by atoms with van der Waals surface area (Å²) in [6, 6.07) is 7.17. The van der Waals surface area contributed by atoms with E-state index in [4.69, 9.17) is 4.74 Å². The maximum Gasteiger partial charge on any atom is 0.145 e. The van der Waals surface area contributed by atoms with Gasteiger partial charge >= 0.3 is 0 Å². The van der Waals surface area contributed by atoms with Crippen LogP contribution in [0.2, 0.25) is 0 Å². The molecule has 2 aromatic heterocycles. The lowest BCUT2D eigenvalue weighted by atomic mass is 10.2. The first kappa shape index (κ1) is 11.5. The zero-order valence-electron chi connectivity index (χ0n) is 9.58. The van der Waals surface area contributed by atoms with E-state index in [1.807, 2.05) is 13.0 Å². The molecule has 0 bridgehead atoms. The van der Waals surface area contributed by atoms with Gasteiger partial charge in [-0.15, -0.1) is 0 Å². The van der Waals surface area contributed by atoms with Gasteiger partial charge in [0.1, 0.15) is 11.5 Å². The first-order chi connectivity index (χ1) is 8.29. The highest BCUT2D eigenvalue weighted by Gasteiger charge is 2.06. The molecule has 0 spiro atoms. The van der Waals surface area contributed by atoms with Crippen molar-refractivity contribution < 1.29 is 9.84 Å². The lowest BCUT2D eigenvalue weighted by Gasteiger charge is -2.08. The Hall–Kier alpha value is -1.94. The van der Waals surface area contributed by atoms with Crippen molar-refractivity contribution in [2.24, 2.45) is 0 Å². The fourth-order valence-corrected chi connectivity index (χ4v) is 1.40. The third-order valence-electron chi connectivity index (χ3n) is 2.36. The molecule has 1 N–H and O–H groups in total. The summed E-state index contributed by atoms with van der Waals surface area (Å²) in [5, 5.41) is 9.60. The van der Waals surface area contributed by atoms with Gasteiger partial charge in [0, 0.05) is 6.20 Å². The molecule has 2 heterocycles. The molecule has 0 amide bonds. The number of pyridine rings is 2. The van der Waals surface area contributed by atoms with Gasteiger partial charge in [-0.2, -0.15) is 0 Å². The number of aliphatic hydroxyl groups excluding tert-OH is 1. The van der Waals surface area contributed by atoms with Crippen molar-refractivity contribution >= 4 is 0 Å². The van der Waals surface area contributed by atoms with Crippen molar-refractivity contribution in [2.45, 2.75) is 19.4 Å². The summed E-state index contributed by atoms with van der Waals surface area (Å²) in [4.78, 5) is 8.10. The van der Waals surface area contributed by atoms with E-state index in [1.165, 1.54) is 0 Å². The second-order valence-corrected chi connectivity index (χ2v) is 3.63. The molecule has 88 valence electrons. The van der Waals surface area contributed by atoms with E-state index in [2.05, 4.69) is 9.97 Å². The summed E-state index contributed by atoms with van der Waals surface area (Å²) in [7, 11) is 0. The Morgan fingerprint density at radius 2 is 2.06 bits per heavy atom. The van der Waals surface area contributed by atoms with Crippen LogP contribution >= 0.6 is 0 Å². The molecule has 2 aromatic rings. The van der Waals surface area contributed by atoms with Gasteiger partial charge in [0.2, 0.25) is 0 Å². The highest BCUT2D eigenvalue weighted by Crippen LogP contribution is 2.21. The van der Waals surface area contributed by atoms with Crippen molar-refractivity contribution in [1.82, 2.24) is 9.97 Å². The van der Waals surface area contributed by atoms with Crippen LogP contribution in [0.5, 0.6) is 11.5 Å². The van der Waals surface area contributed by atoms with Gasteiger partial charge in [-0.3, -0.25) is 9.97 Å². The van der Waals surface area contributed by atoms with Crippen LogP contribution in [0, 0.1) is 0 Å². The minimum absolute atomic E-state index is 0.512. The molecule has 0 saturated carbocycles. The zero-order valence-corrected chi connectivity index (χ0v) is 9.58. The van der Waals surface area contributed by atoms with Crippen LogP contribution in [0.1, 0.15) is 25.1 Å². The molecule has 0 unspecified atom stereocenters. The van der Waals surface area contributed by atoms with Crippen LogP contribution in [0.3, 0.4) is 0 Å². The van der Waals surface area contributed by atoms with E-state index in [0.717, 1.165) is 0 Å². The van der Waals surface area contributed by atoms with E-state index >= 15 is 0 Å². The van der Waals surface area contributed by atoms with Gasteiger partial charge in [-0.1, -0.05) is 6.92 Å². The molecular formula is C13H14N2O2. The van der Waals surface area contributed by atoms with E-state index in [-0.39, 0.29) is 0 Å². The summed E-state index contributed by atoms with van der Waals surface area (Å²) in [6.07, 6.45) is 5.06. The topological polar surface area (TPSA) is 55.2 Å². The zero-order chi connectivity index (χ0) is 12.1. The largest absolute Gasteiger partial charge is 0.454 e. The highest BCUT2D eigenvalue weighted by molar-refractivity contribution is 5.27. The molecule has 0 saturated heterocycles. The summed E-state index contributed by atoms with van der Waals surface area (Å²) in [5.41, 5.74) is 0.658. The molecule has 0 aliphatic rings. The lowest BCUT2D eigenvalue weighted by Crippen LogP contribution is -1.98. The maximum absolute atomic E-state index is 9.60. The molecule has 0 fully saturated rings. The van der Waals surface area contributed by atoms with Gasteiger partial charge in [0.05, 0.1) is 24.2 Å². The van der Waals surface area contributed by atoms with Crippen LogP contribution in [0.25, 0.3) is 0 Å². The number of aliphatic hydroxyl groups is 1. The highest BCUT2D eigenvalue weighted by atomic mass is 16.5. The van der Waals surface area contributed by atoms with Crippen molar-refractivity contribution in [3.8, 4) is 11.5 Å².